The van der Waals surface area contributed by atoms with Crippen molar-refractivity contribution in [2.45, 2.75) is 45.7 Å². The number of benzene rings is 1. The molecule has 0 saturated carbocycles. The van der Waals surface area contributed by atoms with Crippen molar-refractivity contribution in [3.05, 3.63) is 29.3 Å². The van der Waals surface area contributed by atoms with Gasteiger partial charge in [-0.15, -0.1) is 0 Å². The van der Waals surface area contributed by atoms with E-state index in [0.717, 1.165) is 12.1 Å². The Hall–Kier alpha value is -1.06. The Morgan fingerprint density at radius 2 is 1.95 bits per heavy atom. The fraction of sp³-hybridized carbons (Fsp3) is 0.625. The van der Waals surface area contributed by atoms with E-state index in [9.17, 15) is 5.11 Å². The van der Waals surface area contributed by atoms with E-state index in [1.165, 1.54) is 31.5 Å². The topological polar surface area (TPSA) is 35.5 Å². The molecule has 2 atom stereocenters. The van der Waals surface area contributed by atoms with Crippen LogP contribution in [0.15, 0.2) is 18.2 Å². The van der Waals surface area contributed by atoms with Gasteiger partial charge in [0.1, 0.15) is 5.75 Å². The average molecular weight is 262 g/mol. The lowest BCUT2D eigenvalue weighted by Gasteiger charge is -2.26. The smallest absolute Gasteiger partial charge is 0.120 e. The van der Waals surface area contributed by atoms with Gasteiger partial charge in [-0.1, -0.05) is 17.7 Å². The molecule has 1 aliphatic rings. The molecule has 1 saturated heterocycles. The molecule has 1 aromatic rings. The maximum Gasteiger partial charge on any atom is 0.120 e. The first kappa shape index (κ1) is 14.4. The number of hydrogen-bond donors (Lipinski definition) is 2. The lowest BCUT2D eigenvalue weighted by molar-refractivity contribution is 0.247. The third-order valence-electron chi connectivity index (χ3n) is 4.13. The molecule has 19 heavy (non-hydrogen) atoms. The molecule has 3 nitrogen and oxygen atoms in total. The average Bonchev–Trinajstić information content (AvgIpc) is 2.92. The SMILES string of the molecule is Cc1ccc(O)c(C(C)NCC(C)N2CCCC2)c1. The van der Waals surface area contributed by atoms with Crippen LogP contribution >= 0.6 is 0 Å². The molecule has 0 spiro atoms. The van der Waals surface area contributed by atoms with E-state index < -0.39 is 0 Å². The second-order valence-electron chi connectivity index (χ2n) is 5.78. The Morgan fingerprint density at radius 3 is 2.63 bits per heavy atom. The lowest BCUT2D eigenvalue weighted by Crippen LogP contribution is -2.39. The zero-order chi connectivity index (χ0) is 13.8. The fourth-order valence-corrected chi connectivity index (χ4v) is 2.79. The van der Waals surface area contributed by atoms with Crippen LogP contribution in [0.25, 0.3) is 0 Å². The molecule has 3 heteroatoms. The van der Waals surface area contributed by atoms with Crippen LogP contribution in [0.2, 0.25) is 0 Å². The van der Waals surface area contributed by atoms with Gasteiger partial charge in [-0.2, -0.15) is 0 Å². The molecule has 0 bridgehead atoms. The number of aromatic hydroxyl groups is 1. The van der Waals surface area contributed by atoms with Gasteiger partial charge in [-0.3, -0.25) is 4.90 Å². The predicted octanol–water partition coefficient (Wildman–Crippen LogP) is 2.84. The van der Waals surface area contributed by atoms with Crippen molar-refractivity contribution in [3.8, 4) is 5.75 Å². The van der Waals surface area contributed by atoms with E-state index in [0.29, 0.717) is 11.8 Å². The number of nitrogens with one attached hydrogen (secondary N) is 1. The fourth-order valence-electron chi connectivity index (χ4n) is 2.79. The molecular weight excluding hydrogens is 236 g/mol. The van der Waals surface area contributed by atoms with E-state index in [-0.39, 0.29) is 6.04 Å². The number of nitrogens with zero attached hydrogens (tertiary/aromatic N) is 1. The second-order valence-corrected chi connectivity index (χ2v) is 5.78. The minimum Gasteiger partial charge on any atom is -0.508 e. The molecular formula is C16H26N2O. The van der Waals surface area contributed by atoms with Gasteiger partial charge >= 0.3 is 0 Å². The predicted molar refractivity (Wildman–Crippen MR) is 79.5 cm³/mol. The van der Waals surface area contributed by atoms with Crippen LogP contribution in [0.5, 0.6) is 5.75 Å². The van der Waals surface area contributed by atoms with Crippen molar-refractivity contribution in [1.29, 1.82) is 0 Å². The Balaban J connectivity index is 1.89. The van der Waals surface area contributed by atoms with E-state index in [2.05, 4.69) is 37.1 Å². The van der Waals surface area contributed by atoms with E-state index in [4.69, 9.17) is 0 Å². The van der Waals surface area contributed by atoms with Crippen LogP contribution in [-0.2, 0) is 0 Å². The quantitative estimate of drug-likeness (QED) is 0.856. The van der Waals surface area contributed by atoms with Crippen LogP contribution in [-0.4, -0.2) is 35.7 Å². The first-order valence-electron chi connectivity index (χ1n) is 7.35. The van der Waals surface area contributed by atoms with Gasteiger partial charge in [0.15, 0.2) is 0 Å². The molecule has 0 amide bonds. The Labute approximate surface area is 116 Å². The normalized spacial score (nSPS) is 19.5. The molecule has 0 aliphatic carbocycles. The summed E-state index contributed by atoms with van der Waals surface area (Å²) in [5.41, 5.74) is 2.18. The van der Waals surface area contributed by atoms with Gasteiger partial charge in [-0.05, 0) is 52.8 Å². The van der Waals surface area contributed by atoms with Crippen molar-refractivity contribution in [2.24, 2.45) is 0 Å². The lowest BCUT2D eigenvalue weighted by atomic mass is 10.0. The molecule has 2 unspecified atom stereocenters. The molecule has 0 radical (unpaired) electrons. The maximum atomic E-state index is 9.93. The van der Waals surface area contributed by atoms with Gasteiger partial charge in [0.2, 0.25) is 0 Å². The van der Waals surface area contributed by atoms with Crippen molar-refractivity contribution in [1.82, 2.24) is 10.2 Å². The first-order chi connectivity index (χ1) is 9.08. The number of hydrogen-bond acceptors (Lipinski definition) is 3. The molecule has 2 N–H and O–H groups in total. The third-order valence-corrected chi connectivity index (χ3v) is 4.13. The van der Waals surface area contributed by atoms with Crippen molar-refractivity contribution < 1.29 is 5.11 Å². The van der Waals surface area contributed by atoms with Gasteiger partial charge in [0, 0.05) is 24.2 Å². The summed E-state index contributed by atoms with van der Waals surface area (Å²) >= 11 is 0. The summed E-state index contributed by atoms with van der Waals surface area (Å²) in [5, 5.41) is 13.5. The summed E-state index contributed by atoms with van der Waals surface area (Å²) in [4.78, 5) is 2.54. The van der Waals surface area contributed by atoms with Gasteiger partial charge in [0.05, 0.1) is 0 Å². The van der Waals surface area contributed by atoms with E-state index in [1.54, 1.807) is 6.07 Å². The van der Waals surface area contributed by atoms with Crippen LogP contribution in [0.1, 0.15) is 43.9 Å². The monoisotopic (exact) mass is 262 g/mol. The Morgan fingerprint density at radius 1 is 1.26 bits per heavy atom. The second kappa shape index (κ2) is 6.40. The third kappa shape index (κ3) is 3.71. The largest absolute Gasteiger partial charge is 0.508 e. The van der Waals surface area contributed by atoms with E-state index in [1.807, 2.05) is 6.07 Å². The molecule has 2 rings (SSSR count). The highest BCUT2D eigenvalue weighted by atomic mass is 16.3. The summed E-state index contributed by atoms with van der Waals surface area (Å²) < 4.78 is 0. The van der Waals surface area contributed by atoms with Crippen LogP contribution in [0, 0.1) is 6.92 Å². The number of aryl methyl sites for hydroxylation is 1. The minimum atomic E-state index is 0.185. The molecule has 1 aliphatic heterocycles. The minimum absolute atomic E-state index is 0.185. The zero-order valence-corrected chi connectivity index (χ0v) is 12.3. The number of rotatable bonds is 5. The number of likely N-dealkylation sites (tertiary alicyclic amines) is 1. The van der Waals surface area contributed by atoms with Crippen molar-refractivity contribution >= 4 is 0 Å². The standard InChI is InChI=1S/C16H26N2O/c1-12-6-7-16(19)15(10-12)14(3)17-11-13(2)18-8-4-5-9-18/h6-7,10,13-14,17,19H,4-5,8-9,11H2,1-3H3. The highest BCUT2D eigenvalue weighted by molar-refractivity contribution is 5.37. The summed E-state index contributed by atoms with van der Waals surface area (Å²) in [7, 11) is 0. The highest BCUT2D eigenvalue weighted by Crippen LogP contribution is 2.25. The van der Waals surface area contributed by atoms with Crippen molar-refractivity contribution in [3.63, 3.8) is 0 Å². The summed E-state index contributed by atoms with van der Waals surface area (Å²) in [6.45, 7) is 9.88. The molecule has 1 fully saturated rings. The van der Waals surface area contributed by atoms with Crippen LogP contribution < -0.4 is 5.32 Å². The van der Waals surface area contributed by atoms with E-state index >= 15 is 0 Å². The van der Waals surface area contributed by atoms with Gasteiger partial charge in [0.25, 0.3) is 0 Å². The Kier molecular flexibility index (Phi) is 4.83. The first-order valence-corrected chi connectivity index (χ1v) is 7.35. The molecule has 1 aromatic carbocycles. The summed E-state index contributed by atoms with van der Waals surface area (Å²) in [6.07, 6.45) is 2.66. The maximum absolute atomic E-state index is 9.93. The highest BCUT2D eigenvalue weighted by Gasteiger charge is 2.19. The summed E-state index contributed by atoms with van der Waals surface area (Å²) in [5.74, 6) is 0.388. The molecule has 106 valence electrons. The van der Waals surface area contributed by atoms with Gasteiger partial charge < -0.3 is 10.4 Å². The molecule has 0 aromatic heterocycles. The van der Waals surface area contributed by atoms with Crippen LogP contribution in [0.4, 0.5) is 0 Å². The van der Waals surface area contributed by atoms with Crippen molar-refractivity contribution in [2.75, 3.05) is 19.6 Å². The number of phenolic OH excluding ortho intramolecular Hbond substituents is 1. The zero-order valence-electron chi connectivity index (χ0n) is 12.3. The summed E-state index contributed by atoms with van der Waals surface area (Å²) in [6, 6.07) is 6.54. The Bertz CT molecular complexity index is 413. The van der Waals surface area contributed by atoms with Gasteiger partial charge in [-0.25, -0.2) is 0 Å². The van der Waals surface area contributed by atoms with Crippen LogP contribution in [0.3, 0.4) is 0 Å². The molecule has 1 heterocycles. The number of phenols is 1.